The molecule has 0 aliphatic rings. The van der Waals surface area contributed by atoms with Crippen molar-refractivity contribution in [3.63, 3.8) is 0 Å². The Hall–Kier alpha value is -2.38. The average Bonchev–Trinajstić information content (AvgIpc) is 2.68. The SMILES string of the molecule is CCN(CC(=O)N[C@@H](C)c1cc(C)c(C)cc1C)S(=O)(=O)c1ccc(OC)c(C)c1. The van der Waals surface area contributed by atoms with Gasteiger partial charge in [-0.25, -0.2) is 8.42 Å². The number of hydrogen-bond donors (Lipinski definition) is 1. The van der Waals surface area contributed by atoms with Crippen LogP contribution in [0.2, 0.25) is 0 Å². The van der Waals surface area contributed by atoms with Crippen LogP contribution in [0.1, 0.15) is 47.7 Å². The van der Waals surface area contributed by atoms with Gasteiger partial charge in [0.1, 0.15) is 5.75 Å². The Bertz CT molecular complexity index is 1030. The van der Waals surface area contributed by atoms with Gasteiger partial charge in [-0.15, -0.1) is 0 Å². The monoisotopic (exact) mass is 432 g/mol. The molecule has 1 N–H and O–H groups in total. The van der Waals surface area contributed by atoms with Crippen LogP contribution < -0.4 is 10.1 Å². The van der Waals surface area contributed by atoms with Gasteiger partial charge in [-0.05, 0) is 80.6 Å². The van der Waals surface area contributed by atoms with Gasteiger partial charge in [-0.1, -0.05) is 19.1 Å². The maximum atomic E-state index is 13.0. The largest absolute Gasteiger partial charge is 0.496 e. The molecule has 1 amide bonds. The lowest BCUT2D eigenvalue weighted by Crippen LogP contribution is -2.41. The lowest BCUT2D eigenvalue weighted by Gasteiger charge is -2.23. The molecule has 164 valence electrons. The first-order valence-electron chi connectivity index (χ1n) is 10.0. The molecule has 0 radical (unpaired) electrons. The third-order valence-electron chi connectivity index (χ3n) is 5.40. The van der Waals surface area contributed by atoms with Crippen molar-refractivity contribution >= 4 is 15.9 Å². The summed E-state index contributed by atoms with van der Waals surface area (Å²) in [5.74, 6) is 0.281. The molecule has 0 bridgehead atoms. The van der Waals surface area contributed by atoms with E-state index in [1.165, 1.54) is 23.0 Å². The normalized spacial score (nSPS) is 12.7. The summed E-state index contributed by atoms with van der Waals surface area (Å²) in [6.45, 7) is 11.5. The van der Waals surface area contributed by atoms with E-state index >= 15 is 0 Å². The van der Waals surface area contributed by atoms with Gasteiger partial charge in [0.2, 0.25) is 15.9 Å². The molecule has 0 aromatic heterocycles. The lowest BCUT2D eigenvalue weighted by molar-refractivity contribution is -0.121. The first-order valence-corrected chi connectivity index (χ1v) is 11.5. The molecule has 0 saturated heterocycles. The number of carbonyl (C=O) groups is 1. The lowest BCUT2D eigenvalue weighted by atomic mass is 9.96. The van der Waals surface area contributed by atoms with Crippen LogP contribution in [0.3, 0.4) is 0 Å². The zero-order chi connectivity index (χ0) is 22.6. The summed E-state index contributed by atoms with van der Waals surface area (Å²) in [7, 11) is -2.26. The molecule has 6 nitrogen and oxygen atoms in total. The fourth-order valence-electron chi connectivity index (χ4n) is 3.50. The first kappa shape index (κ1) is 23.9. The molecule has 0 spiro atoms. The molecular weight excluding hydrogens is 400 g/mol. The molecule has 0 aliphatic heterocycles. The van der Waals surface area contributed by atoms with Crippen LogP contribution in [-0.4, -0.2) is 38.8 Å². The molecule has 2 aromatic rings. The molecule has 0 aliphatic carbocycles. The van der Waals surface area contributed by atoms with Gasteiger partial charge >= 0.3 is 0 Å². The Morgan fingerprint density at radius 3 is 2.23 bits per heavy atom. The van der Waals surface area contributed by atoms with Gasteiger partial charge < -0.3 is 10.1 Å². The highest BCUT2D eigenvalue weighted by Gasteiger charge is 2.26. The predicted octanol–water partition coefficient (Wildman–Crippen LogP) is 3.82. The zero-order valence-corrected chi connectivity index (χ0v) is 19.7. The molecule has 7 heteroatoms. The number of nitrogens with zero attached hydrogens (tertiary/aromatic N) is 1. The number of nitrogens with one attached hydrogen (secondary N) is 1. The minimum atomic E-state index is -3.80. The van der Waals surface area contributed by atoms with Crippen molar-refractivity contribution in [1.29, 1.82) is 0 Å². The van der Waals surface area contributed by atoms with Crippen molar-refractivity contribution in [2.45, 2.75) is 52.5 Å². The van der Waals surface area contributed by atoms with Gasteiger partial charge in [0.05, 0.1) is 24.6 Å². The Kier molecular flexibility index (Phi) is 7.66. The Balaban J connectivity index is 2.17. The zero-order valence-electron chi connectivity index (χ0n) is 18.9. The van der Waals surface area contributed by atoms with E-state index in [2.05, 4.69) is 24.4 Å². The maximum absolute atomic E-state index is 13.0. The van der Waals surface area contributed by atoms with E-state index in [4.69, 9.17) is 4.74 Å². The van der Waals surface area contributed by atoms with E-state index in [-0.39, 0.29) is 29.9 Å². The van der Waals surface area contributed by atoms with Gasteiger partial charge in [-0.3, -0.25) is 4.79 Å². The number of sulfonamides is 1. The first-order chi connectivity index (χ1) is 14.0. The number of likely N-dealkylation sites (N-methyl/N-ethyl adjacent to an activating group) is 1. The molecule has 2 aromatic carbocycles. The van der Waals surface area contributed by atoms with Crippen molar-refractivity contribution < 1.29 is 17.9 Å². The van der Waals surface area contributed by atoms with Crippen molar-refractivity contribution in [2.24, 2.45) is 0 Å². The summed E-state index contributed by atoms with van der Waals surface area (Å²) in [5.41, 5.74) is 5.21. The fourth-order valence-corrected chi connectivity index (χ4v) is 4.99. The third-order valence-corrected chi connectivity index (χ3v) is 7.32. The van der Waals surface area contributed by atoms with Crippen LogP contribution >= 0.6 is 0 Å². The Morgan fingerprint density at radius 2 is 1.67 bits per heavy atom. The number of methoxy groups -OCH3 is 1. The van der Waals surface area contributed by atoms with Crippen LogP contribution in [0, 0.1) is 27.7 Å². The fraction of sp³-hybridized carbons (Fsp3) is 0.435. The Labute approximate surface area is 180 Å². The van der Waals surface area contributed by atoms with E-state index in [1.54, 1.807) is 26.0 Å². The summed E-state index contributed by atoms with van der Waals surface area (Å²) >= 11 is 0. The van der Waals surface area contributed by atoms with Crippen LogP contribution in [0.25, 0.3) is 0 Å². The standard InChI is InChI=1S/C23H32N2O4S/c1-8-25(30(27,28)20-9-10-22(29-7)18(5)12-20)14-23(26)24-19(6)21-13-16(3)15(2)11-17(21)4/h9-13,19H,8,14H2,1-7H3,(H,24,26)/t19-/m0/s1. The summed E-state index contributed by atoms with van der Waals surface area (Å²) in [6, 6.07) is 8.65. The number of rotatable bonds is 8. The molecule has 0 heterocycles. The molecule has 0 unspecified atom stereocenters. The topological polar surface area (TPSA) is 75.7 Å². The second-order valence-corrected chi connectivity index (χ2v) is 9.58. The predicted molar refractivity (Wildman–Crippen MR) is 119 cm³/mol. The smallest absolute Gasteiger partial charge is 0.243 e. The van der Waals surface area contributed by atoms with E-state index in [0.29, 0.717) is 5.75 Å². The van der Waals surface area contributed by atoms with Crippen LogP contribution in [0.4, 0.5) is 0 Å². The van der Waals surface area contributed by atoms with Crippen LogP contribution in [-0.2, 0) is 14.8 Å². The highest BCUT2D eigenvalue weighted by Crippen LogP contribution is 2.24. The number of amides is 1. The number of carbonyl (C=O) groups excluding carboxylic acids is 1. The van der Waals surface area contributed by atoms with Crippen molar-refractivity contribution in [2.75, 3.05) is 20.2 Å². The molecule has 30 heavy (non-hydrogen) atoms. The van der Waals surface area contributed by atoms with Gasteiger partial charge in [0.25, 0.3) is 0 Å². The summed E-state index contributed by atoms with van der Waals surface area (Å²) in [5, 5.41) is 2.94. The minimum Gasteiger partial charge on any atom is -0.496 e. The average molecular weight is 433 g/mol. The molecule has 0 saturated carbocycles. The van der Waals surface area contributed by atoms with Crippen molar-refractivity contribution in [1.82, 2.24) is 9.62 Å². The van der Waals surface area contributed by atoms with E-state index in [1.807, 2.05) is 20.8 Å². The van der Waals surface area contributed by atoms with Crippen LogP contribution in [0.5, 0.6) is 5.75 Å². The van der Waals surface area contributed by atoms with E-state index in [0.717, 1.165) is 22.3 Å². The number of benzene rings is 2. The van der Waals surface area contributed by atoms with Gasteiger partial charge in [0, 0.05) is 6.54 Å². The van der Waals surface area contributed by atoms with E-state index < -0.39 is 10.0 Å². The summed E-state index contributed by atoms with van der Waals surface area (Å²) < 4.78 is 32.5. The second-order valence-electron chi connectivity index (χ2n) is 7.64. The number of aryl methyl sites for hydroxylation is 4. The Morgan fingerprint density at radius 1 is 1.03 bits per heavy atom. The summed E-state index contributed by atoms with van der Waals surface area (Å²) in [4.78, 5) is 12.8. The van der Waals surface area contributed by atoms with Crippen molar-refractivity contribution in [3.05, 3.63) is 58.1 Å². The van der Waals surface area contributed by atoms with E-state index in [9.17, 15) is 13.2 Å². The molecule has 0 fully saturated rings. The quantitative estimate of drug-likeness (QED) is 0.688. The summed E-state index contributed by atoms with van der Waals surface area (Å²) in [6.07, 6.45) is 0. The minimum absolute atomic E-state index is 0.147. The highest BCUT2D eigenvalue weighted by molar-refractivity contribution is 7.89. The van der Waals surface area contributed by atoms with Crippen molar-refractivity contribution in [3.8, 4) is 5.75 Å². The third kappa shape index (κ3) is 5.21. The number of hydrogen-bond acceptors (Lipinski definition) is 4. The maximum Gasteiger partial charge on any atom is 0.243 e. The number of ether oxygens (including phenoxy) is 1. The second kappa shape index (κ2) is 9.62. The molecule has 2 rings (SSSR count). The highest BCUT2D eigenvalue weighted by atomic mass is 32.2. The van der Waals surface area contributed by atoms with Gasteiger partial charge in [0.15, 0.2) is 0 Å². The molecular formula is C23H32N2O4S. The molecule has 1 atom stereocenters. The van der Waals surface area contributed by atoms with Crippen LogP contribution in [0.15, 0.2) is 35.2 Å². The van der Waals surface area contributed by atoms with Gasteiger partial charge in [-0.2, -0.15) is 4.31 Å².